The molecule has 8 N–H and O–H groups in total. The standard InChI is InChI=1S/2C25H26F5N3O2/c2*1-12-5-16-15-3-2-4-17(26)21(15)32-22(16)23(33(12)10-25(29,30)11-34)20-18(27)6-13(7-19(20)28)24(35)14-8-31-9-14/h2*2-4,6-7,12,14,23-24,31-32,34-35H,5,8-11H2,1H3/t12-,23+,24?;12-,23-,24?/m00/s1. The molecule has 4 aromatic carbocycles. The first kappa shape index (κ1) is 49.9. The van der Waals surface area contributed by atoms with Gasteiger partial charge in [-0.25, -0.2) is 43.9 Å². The Hall–Kier alpha value is -5.06. The zero-order chi connectivity index (χ0) is 50.1. The molecule has 10 nitrogen and oxygen atoms in total. The first-order chi connectivity index (χ1) is 33.2. The van der Waals surface area contributed by atoms with Crippen LogP contribution in [0.2, 0.25) is 0 Å². The van der Waals surface area contributed by atoms with Gasteiger partial charge in [0.1, 0.15) is 48.1 Å². The van der Waals surface area contributed by atoms with Gasteiger partial charge in [-0.15, -0.1) is 0 Å². The number of rotatable bonds is 12. The number of aromatic amines is 2. The first-order valence-electron chi connectivity index (χ1n) is 23.0. The fourth-order valence-corrected chi connectivity index (χ4v) is 10.5. The molecule has 0 spiro atoms. The Balaban J connectivity index is 0.000000174. The summed E-state index contributed by atoms with van der Waals surface area (Å²) in [6.45, 7) is 0.595. The Morgan fingerprint density at radius 2 is 0.900 bits per heavy atom. The predicted molar refractivity (Wildman–Crippen MR) is 239 cm³/mol. The van der Waals surface area contributed by atoms with Crippen LogP contribution in [0.25, 0.3) is 21.8 Å². The molecule has 4 aliphatic rings. The van der Waals surface area contributed by atoms with Crippen LogP contribution in [0, 0.1) is 46.7 Å². The van der Waals surface area contributed by atoms with Crippen molar-refractivity contribution in [1.29, 1.82) is 0 Å². The number of H-pyrrole nitrogens is 2. The van der Waals surface area contributed by atoms with Crippen molar-refractivity contribution in [3.05, 3.63) is 140 Å². The molecule has 2 saturated heterocycles. The molecule has 2 aromatic heterocycles. The molecule has 0 radical (unpaired) electrons. The second kappa shape index (κ2) is 19.2. The summed E-state index contributed by atoms with van der Waals surface area (Å²) in [5, 5.41) is 46.4. The van der Waals surface area contributed by atoms with E-state index >= 15 is 17.6 Å². The van der Waals surface area contributed by atoms with Gasteiger partial charge in [-0.05, 0) is 85.3 Å². The van der Waals surface area contributed by atoms with Crippen molar-refractivity contribution in [2.24, 2.45) is 11.8 Å². The number of halogens is 10. The maximum Gasteiger partial charge on any atom is 0.283 e. The Bertz CT molecular complexity index is 2670. The van der Waals surface area contributed by atoms with E-state index in [0.717, 1.165) is 24.3 Å². The maximum atomic E-state index is 15.6. The van der Waals surface area contributed by atoms with E-state index in [4.69, 9.17) is 0 Å². The number of alkyl halides is 4. The number of hydrogen-bond acceptors (Lipinski definition) is 8. The third kappa shape index (κ3) is 9.10. The Morgan fingerprint density at radius 3 is 1.20 bits per heavy atom. The fourth-order valence-electron chi connectivity index (χ4n) is 10.5. The van der Waals surface area contributed by atoms with E-state index in [2.05, 4.69) is 20.6 Å². The highest BCUT2D eigenvalue weighted by atomic mass is 19.3. The van der Waals surface area contributed by atoms with E-state index in [1.54, 1.807) is 26.0 Å². The van der Waals surface area contributed by atoms with E-state index in [-0.39, 0.29) is 58.2 Å². The third-order valence-corrected chi connectivity index (χ3v) is 14.4. The number of fused-ring (bicyclic) bond motifs is 6. The number of aromatic nitrogens is 2. The van der Waals surface area contributed by atoms with Crippen molar-refractivity contribution in [2.75, 3.05) is 52.5 Å². The molecule has 70 heavy (non-hydrogen) atoms. The number of benzene rings is 4. The molecule has 6 atom stereocenters. The molecular weight excluding hydrogens is 939 g/mol. The predicted octanol–water partition coefficient (Wildman–Crippen LogP) is 7.60. The minimum atomic E-state index is -3.53. The normalized spacial score (nSPS) is 22.3. The van der Waals surface area contributed by atoms with Gasteiger partial charge in [0.25, 0.3) is 11.8 Å². The van der Waals surface area contributed by atoms with Crippen LogP contribution in [-0.4, -0.2) is 117 Å². The number of para-hydroxylation sites is 2. The number of nitrogens with one attached hydrogen (secondary N) is 4. The maximum absolute atomic E-state index is 15.6. The largest absolute Gasteiger partial charge is 0.390 e. The van der Waals surface area contributed by atoms with Crippen molar-refractivity contribution in [2.45, 2.75) is 74.9 Å². The molecule has 6 heterocycles. The lowest BCUT2D eigenvalue weighted by Crippen LogP contribution is -2.49. The number of hydrogen-bond donors (Lipinski definition) is 8. The van der Waals surface area contributed by atoms with Gasteiger partial charge in [-0.2, -0.15) is 0 Å². The highest BCUT2D eigenvalue weighted by Gasteiger charge is 2.46. The lowest BCUT2D eigenvalue weighted by molar-refractivity contribution is -0.0870. The topological polar surface area (TPSA) is 143 Å². The number of nitrogens with zero attached hydrogens (tertiary/aromatic N) is 2. The quantitative estimate of drug-likeness (QED) is 0.0587. The molecule has 0 saturated carbocycles. The molecule has 20 heteroatoms. The summed E-state index contributed by atoms with van der Waals surface area (Å²) >= 11 is 0. The van der Waals surface area contributed by atoms with Crippen LogP contribution in [0.4, 0.5) is 43.9 Å². The zero-order valence-electron chi connectivity index (χ0n) is 37.9. The smallest absolute Gasteiger partial charge is 0.283 e. The first-order valence-corrected chi connectivity index (χ1v) is 23.0. The minimum Gasteiger partial charge on any atom is -0.390 e. The van der Waals surface area contributed by atoms with Gasteiger partial charge in [-0.3, -0.25) is 9.80 Å². The molecular formula is C50H52F10N6O4. The molecule has 10 rings (SSSR count). The number of aliphatic hydroxyl groups is 4. The van der Waals surface area contributed by atoms with E-state index in [9.17, 15) is 46.8 Å². The second-order valence-electron chi connectivity index (χ2n) is 19.2. The summed E-state index contributed by atoms with van der Waals surface area (Å²) in [7, 11) is 0. The van der Waals surface area contributed by atoms with Crippen LogP contribution in [-0.2, 0) is 12.8 Å². The summed E-state index contributed by atoms with van der Waals surface area (Å²) in [4.78, 5) is 8.27. The van der Waals surface area contributed by atoms with Crippen LogP contribution in [0.5, 0.6) is 0 Å². The van der Waals surface area contributed by atoms with Crippen LogP contribution in [0.15, 0.2) is 60.7 Å². The number of aliphatic hydroxyl groups excluding tert-OH is 4. The van der Waals surface area contributed by atoms with E-state index in [0.29, 0.717) is 48.1 Å². The van der Waals surface area contributed by atoms with Crippen LogP contribution < -0.4 is 10.6 Å². The minimum absolute atomic E-state index is 0.0641. The average molecular weight is 991 g/mol. The summed E-state index contributed by atoms with van der Waals surface area (Å²) < 4.78 is 149. The van der Waals surface area contributed by atoms with Crippen molar-refractivity contribution >= 4 is 21.8 Å². The lowest BCUT2D eigenvalue weighted by Gasteiger charge is -2.42. The Labute approximate surface area is 395 Å². The van der Waals surface area contributed by atoms with E-state index in [1.807, 2.05) is 0 Å². The van der Waals surface area contributed by atoms with Crippen molar-refractivity contribution in [3.63, 3.8) is 0 Å². The van der Waals surface area contributed by atoms with E-state index < -0.39 is 121 Å². The van der Waals surface area contributed by atoms with Gasteiger partial charge in [-0.1, -0.05) is 24.3 Å². The SMILES string of the molecule is C[C@H]1Cc2c([nH]c3c(F)cccc23)[C@@H](c2c(F)cc(C(O)C3CNC3)cc2F)N1CC(F)(F)CO.C[C@H]1Cc2c([nH]c3c(F)cccc23)[C@H](c2c(F)cc(C(O)C3CNC3)cc2F)N1CC(F)(F)CO. The van der Waals surface area contributed by atoms with Gasteiger partial charge in [0, 0.05) is 83.4 Å². The molecule has 376 valence electrons. The van der Waals surface area contributed by atoms with Gasteiger partial charge in [0.2, 0.25) is 0 Å². The second-order valence-corrected chi connectivity index (χ2v) is 19.2. The fraction of sp³-hybridized carbons (Fsp3) is 0.440. The van der Waals surface area contributed by atoms with Crippen molar-refractivity contribution in [3.8, 4) is 0 Å². The highest BCUT2D eigenvalue weighted by Crippen LogP contribution is 2.46. The molecule has 4 aliphatic heterocycles. The van der Waals surface area contributed by atoms with Crippen molar-refractivity contribution < 1.29 is 64.3 Å². The van der Waals surface area contributed by atoms with Gasteiger partial charge in [0.15, 0.2) is 0 Å². The van der Waals surface area contributed by atoms with Gasteiger partial charge < -0.3 is 41.0 Å². The summed E-state index contributed by atoms with van der Waals surface area (Å²) in [6.07, 6.45) is -1.67. The van der Waals surface area contributed by atoms with Crippen molar-refractivity contribution in [1.82, 2.24) is 30.4 Å². The molecule has 0 aliphatic carbocycles. The van der Waals surface area contributed by atoms with Crippen LogP contribution >= 0.6 is 0 Å². The van der Waals surface area contributed by atoms with Crippen LogP contribution in [0.3, 0.4) is 0 Å². The molecule has 6 aromatic rings. The summed E-state index contributed by atoms with van der Waals surface area (Å²) in [6, 6.07) is 9.16. The molecule has 0 bridgehead atoms. The summed E-state index contributed by atoms with van der Waals surface area (Å²) in [5.41, 5.74) is 1.11. The highest BCUT2D eigenvalue weighted by molar-refractivity contribution is 5.87. The zero-order valence-corrected chi connectivity index (χ0v) is 37.9. The Kier molecular flexibility index (Phi) is 13.7. The molecule has 2 fully saturated rings. The monoisotopic (exact) mass is 990 g/mol. The Morgan fingerprint density at radius 1 is 0.557 bits per heavy atom. The van der Waals surface area contributed by atoms with Gasteiger partial charge >= 0.3 is 0 Å². The van der Waals surface area contributed by atoms with Crippen LogP contribution in [0.1, 0.15) is 82.9 Å². The lowest BCUT2D eigenvalue weighted by atomic mass is 9.86. The average Bonchev–Trinajstić information content (AvgIpc) is 3.83. The molecule has 2 unspecified atom stereocenters. The summed E-state index contributed by atoms with van der Waals surface area (Å²) in [5.74, 6) is -12.5. The van der Waals surface area contributed by atoms with E-state index in [1.165, 1.54) is 34.1 Å². The van der Waals surface area contributed by atoms with Gasteiger partial charge in [0.05, 0.1) is 48.4 Å². The third-order valence-electron chi connectivity index (χ3n) is 14.4. The molecule has 0 amide bonds.